The van der Waals surface area contributed by atoms with Crippen molar-refractivity contribution < 1.29 is 14.3 Å². The van der Waals surface area contributed by atoms with E-state index in [2.05, 4.69) is 17.0 Å². The third kappa shape index (κ3) is 3.94. The highest BCUT2D eigenvalue weighted by molar-refractivity contribution is 5.87. The van der Waals surface area contributed by atoms with E-state index in [-0.39, 0.29) is 11.6 Å². The summed E-state index contributed by atoms with van der Waals surface area (Å²) in [7, 11) is 1.39. The van der Waals surface area contributed by atoms with E-state index >= 15 is 0 Å². The highest BCUT2D eigenvalue weighted by atomic mass is 16.5. The van der Waals surface area contributed by atoms with Gasteiger partial charge in [0.1, 0.15) is 0 Å². The number of methoxy groups -OCH3 is 1. The first kappa shape index (κ1) is 13.2. The number of esters is 1. The number of rotatable bonds is 5. The van der Waals surface area contributed by atoms with Crippen LogP contribution in [0.3, 0.4) is 0 Å². The molecule has 0 saturated carbocycles. The lowest BCUT2D eigenvalue weighted by Crippen LogP contribution is -2.37. The average Bonchev–Trinajstić information content (AvgIpc) is 2.70. The normalized spacial score (nSPS) is 25.8. The number of hydrogen-bond donors (Lipinski definition) is 1. The van der Waals surface area contributed by atoms with Gasteiger partial charge in [-0.05, 0) is 26.7 Å². The zero-order valence-corrected chi connectivity index (χ0v) is 10.3. The van der Waals surface area contributed by atoms with E-state index in [4.69, 9.17) is 4.74 Å². The van der Waals surface area contributed by atoms with Crippen LogP contribution in [0.15, 0.2) is 11.6 Å². The summed E-state index contributed by atoms with van der Waals surface area (Å²) in [5, 5.41) is 3.27. The van der Waals surface area contributed by atoms with E-state index in [1.165, 1.54) is 7.11 Å². The molecule has 92 valence electrons. The number of ether oxygens (including phenoxy) is 2. The quantitative estimate of drug-likeness (QED) is 0.436. The van der Waals surface area contributed by atoms with Crippen LogP contribution < -0.4 is 5.32 Å². The molecule has 0 aromatic carbocycles. The fraction of sp³-hybridized carbons (Fsp3) is 0.750. The first-order valence-electron chi connectivity index (χ1n) is 5.67. The van der Waals surface area contributed by atoms with Gasteiger partial charge in [-0.15, -0.1) is 0 Å². The van der Waals surface area contributed by atoms with Crippen molar-refractivity contribution >= 4 is 5.97 Å². The molecule has 1 fully saturated rings. The van der Waals surface area contributed by atoms with Gasteiger partial charge in [-0.25, -0.2) is 4.79 Å². The summed E-state index contributed by atoms with van der Waals surface area (Å²) in [6, 6.07) is 0. The molecule has 0 aromatic rings. The summed E-state index contributed by atoms with van der Waals surface area (Å²) >= 11 is 0. The van der Waals surface area contributed by atoms with Crippen molar-refractivity contribution in [2.45, 2.75) is 32.3 Å². The maximum atomic E-state index is 11.1. The van der Waals surface area contributed by atoms with Crippen LogP contribution in [0.2, 0.25) is 0 Å². The van der Waals surface area contributed by atoms with Crippen LogP contribution in [0.5, 0.6) is 0 Å². The van der Waals surface area contributed by atoms with Crippen LogP contribution in [0.1, 0.15) is 26.7 Å². The molecular formula is C12H21NO3. The van der Waals surface area contributed by atoms with Gasteiger partial charge in [-0.3, -0.25) is 0 Å². The second kappa shape index (κ2) is 6.01. The Hall–Kier alpha value is -0.870. The van der Waals surface area contributed by atoms with Crippen LogP contribution in [0.4, 0.5) is 0 Å². The van der Waals surface area contributed by atoms with Gasteiger partial charge in [0.25, 0.3) is 0 Å². The van der Waals surface area contributed by atoms with E-state index in [0.717, 1.165) is 26.0 Å². The van der Waals surface area contributed by atoms with Gasteiger partial charge in [0.15, 0.2) is 0 Å². The summed E-state index contributed by atoms with van der Waals surface area (Å²) in [6.07, 6.45) is 4.07. The fourth-order valence-electron chi connectivity index (χ4n) is 1.78. The molecule has 1 heterocycles. The maximum absolute atomic E-state index is 11.1. The summed E-state index contributed by atoms with van der Waals surface area (Å²) in [5.41, 5.74) is 0.597. The molecule has 1 N–H and O–H groups in total. The Morgan fingerprint density at radius 3 is 2.94 bits per heavy atom. The summed E-state index contributed by atoms with van der Waals surface area (Å²) in [4.78, 5) is 11.1. The Balaban J connectivity index is 2.23. The van der Waals surface area contributed by atoms with E-state index in [9.17, 15) is 4.79 Å². The monoisotopic (exact) mass is 227 g/mol. The van der Waals surface area contributed by atoms with Gasteiger partial charge in [0.05, 0.1) is 12.7 Å². The van der Waals surface area contributed by atoms with Gasteiger partial charge in [0, 0.05) is 25.3 Å². The Morgan fingerprint density at radius 1 is 1.62 bits per heavy atom. The zero-order chi connectivity index (χ0) is 12.0. The van der Waals surface area contributed by atoms with Crippen molar-refractivity contribution in [3.63, 3.8) is 0 Å². The second-order valence-corrected chi connectivity index (χ2v) is 4.41. The SMILES string of the molecule is COC(=O)C(C)=CCNCC1(C)CCCO1. The van der Waals surface area contributed by atoms with Crippen LogP contribution in [0, 0.1) is 0 Å². The Kier molecular flexibility index (Phi) is 4.96. The number of carbonyl (C=O) groups excluding carboxylic acids is 1. The molecular weight excluding hydrogens is 206 g/mol. The molecule has 1 unspecified atom stereocenters. The Bertz CT molecular complexity index is 267. The lowest BCUT2D eigenvalue weighted by Gasteiger charge is -2.23. The van der Waals surface area contributed by atoms with Gasteiger partial charge in [0.2, 0.25) is 0 Å². The lowest BCUT2D eigenvalue weighted by molar-refractivity contribution is -0.136. The number of hydrogen-bond acceptors (Lipinski definition) is 4. The van der Waals surface area contributed by atoms with Crippen molar-refractivity contribution in [3.8, 4) is 0 Å². The van der Waals surface area contributed by atoms with E-state index in [1.807, 2.05) is 6.08 Å². The van der Waals surface area contributed by atoms with Crippen molar-refractivity contribution in [1.29, 1.82) is 0 Å². The van der Waals surface area contributed by atoms with Gasteiger partial charge >= 0.3 is 5.97 Å². The van der Waals surface area contributed by atoms with Crippen LogP contribution in [-0.4, -0.2) is 38.4 Å². The minimum Gasteiger partial charge on any atom is -0.466 e. The summed E-state index contributed by atoms with van der Waals surface area (Å²) < 4.78 is 10.2. The van der Waals surface area contributed by atoms with Crippen LogP contribution in [0.25, 0.3) is 0 Å². The fourth-order valence-corrected chi connectivity index (χ4v) is 1.78. The average molecular weight is 227 g/mol. The summed E-state index contributed by atoms with van der Waals surface area (Å²) in [6.45, 7) is 6.21. The second-order valence-electron chi connectivity index (χ2n) is 4.41. The highest BCUT2D eigenvalue weighted by Crippen LogP contribution is 2.23. The molecule has 4 nitrogen and oxygen atoms in total. The molecule has 0 radical (unpaired) electrons. The smallest absolute Gasteiger partial charge is 0.333 e. The predicted molar refractivity (Wildman–Crippen MR) is 62.2 cm³/mol. The van der Waals surface area contributed by atoms with E-state index in [0.29, 0.717) is 12.1 Å². The third-order valence-electron chi connectivity index (χ3n) is 2.86. The van der Waals surface area contributed by atoms with Crippen LogP contribution >= 0.6 is 0 Å². The van der Waals surface area contributed by atoms with E-state index < -0.39 is 0 Å². The van der Waals surface area contributed by atoms with Gasteiger partial charge in [-0.2, -0.15) is 0 Å². The molecule has 16 heavy (non-hydrogen) atoms. The van der Waals surface area contributed by atoms with E-state index in [1.54, 1.807) is 6.92 Å². The summed E-state index contributed by atoms with van der Waals surface area (Å²) in [5.74, 6) is -0.273. The molecule has 1 atom stereocenters. The third-order valence-corrected chi connectivity index (χ3v) is 2.86. The lowest BCUT2D eigenvalue weighted by atomic mass is 10.0. The highest BCUT2D eigenvalue weighted by Gasteiger charge is 2.28. The molecule has 1 rings (SSSR count). The number of nitrogens with one attached hydrogen (secondary N) is 1. The Labute approximate surface area is 97.0 Å². The van der Waals surface area contributed by atoms with Crippen molar-refractivity contribution in [2.24, 2.45) is 0 Å². The zero-order valence-electron chi connectivity index (χ0n) is 10.3. The standard InChI is InChI=1S/C12H21NO3/c1-10(11(14)15-3)5-7-13-9-12(2)6-4-8-16-12/h5,13H,4,6-9H2,1-3H3. The topological polar surface area (TPSA) is 47.6 Å². The molecule has 0 bridgehead atoms. The first-order valence-corrected chi connectivity index (χ1v) is 5.67. The van der Waals surface area contributed by atoms with Gasteiger partial charge < -0.3 is 14.8 Å². The molecule has 0 aromatic heterocycles. The molecule has 1 aliphatic rings. The molecule has 4 heteroatoms. The molecule has 0 spiro atoms. The first-order chi connectivity index (χ1) is 7.57. The number of carbonyl (C=O) groups is 1. The van der Waals surface area contributed by atoms with Crippen molar-refractivity contribution in [2.75, 3.05) is 26.8 Å². The maximum Gasteiger partial charge on any atom is 0.333 e. The molecule has 1 aliphatic heterocycles. The Morgan fingerprint density at radius 2 is 2.38 bits per heavy atom. The molecule has 0 aliphatic carbocycles. The van der Waals surface area contributed by atoms with Gasteiger partial charge in [-0.1, -0.05) is 6.08 Å². The predicted octanol–water partition coefficient (Wildman–Crippen LogP) is 1.26. The molecule has 1 saturated heterocycles. The minimum absolute atomic E-state index is 0.0347. The minimum atomic E-state index is -0.273. The van der Waals surface area contributed by atoms with Crippen molar-refractivity contribution in [3.05, 3.63) is 11.6 Å². The van der Waals surface area contributed by atoms with Crippen molar-refractivity contribution in [1.82, 2.24) is 5.32 Å². The molecule has 0 amide bonds. The van der Waals surface area contributed by atoms with Crippen LogP contribution in [-0.2, 0) is 14.3 Å². The largest absolute Gasteiger partial charge is 0.466 e.